The molecule has 1 aliphatic rings. The number of ether oxygens (including phenoxy) is 3. The van der Waals surface area contributed by atoms with Crippen molar-refractivity contribution in [2.75, 3.05) is 25.3 Å². The van der Waals surface area contributed by atoms with E-state index in [-0.39, 0.29) is 12.8 Å². The molecule has 0 saturated heterocycles. The lowest BCUT2D eigenvalue weighted by molar-refractivity contribution is 0.173. The quantitative estimate of drug-likeness (QED) is 0.761. The predicted molar refractivity (Wildman–Crippen MR) is 94.0 cm³/mol. The lowest BCUT2D eigenvalue weighted by Crippen LogP contribution is -2.32. The molecule has 126 valence electrons. The van der Waals surface area contributed by atoms with E-state index in [4.69, 9.17) is 14.2 Å². The predicted octanol–water partition coefficient (Wildman–Crippen LogP) is 3.69. The van der Waals surface area contributed by atoms with Gasteiger partial charge in [-0.3, -0.25) is 0 Å². The number of urea groups is 1. The molecule has 3 rings (SSSR count). The van der Waals surface area contributed by atoms with Gasteiger partial charge < -0.3 is 24.8 Å². The molecule has 1 heterocycles. The Bertz CT molecular complexity index is 751. The maximum absolute atomic E-state index is 11.9. The van der Waals surface area contributed by atoms with E-state index in [0.717, 1.165) is 15.7 Å². The highest BCUT2D eigenvalue weighted by molar-refractivity contribution is 9.10. The van der Waals surface area contributed by atoms with Gasteiger partial charge in [-0.05, 0) is 42.8 Å². The van der Waals surface area contributed by atoms with Gasteiger partial charge in [-0.25, -0.2) is 4.79 Å². The molecule has 0 aliphatic carbocycles. The second-order valence-electron chi connectivity index (χ2n) is 5.20. The van der Waals surface area contributed by atoms with Gasteiger partial charge in [0.1, 0.15) is 12.4 Å². The van der Waals surface area contributed by atoms with E-state index in [0.29, 0.717) is 30.4 Å². The Morgan fingerprint density at radius 1 is 1.21 bits per heavy atom. The molecule has 2 aromatic rings. The standard InChI is InChI=1S/C17H17BrN2O4/c1-11-8-12(18)2-4-14(11)20-17(21)19-6-7-22-13-3-5-15-16(9-13)24-10-23-15/h2-5,8-9H,6-7,10H2,1H3,(H2,19,20,21). The SMILES string of the molecule is Cc1cc(Br)ccc1NC(=O)NCCOc1ccc2c(c1)OCO2. The molecule has 0 fully saturated rings. The molecular weight excluding hydrogens is 376 g/mol. The van der Waals surface area contributed by atoms with Crippen LogP contribution in [-0.4, -0.2) is 26.0 Å². The fourth-order valence-electron chi connectivity index (χ4n) is 2.23. The summed E-state index contributed by atoms with van der Waals surface area (Å²) < 4.78 is 17.1. The smallest absolute Gasteiger partial charge is 0.319 e. The van der Waals surface area contributed by atoms with Crippen LogP contribution in [0.25, 0.3) is 0 Å². The Morgan fingerprint density at radius 2 is 2.04 bits per heavy atom. The second kappa shape index (κ2) is 7.44. The zero-order valence-corrected chi connectivity index (χ0v) is 14.7. The minimum atomic E-state index is -0.269. The maximum Gasteiger partial charge on any atom is 0.319 e. The molecule has 0 spiro atoms. The number of nitrogens with one attached hydrogen (secondary N) is 2. The summed E-state index contributed by atoms with van der Waals surface area (Å²) in [4.78, 5) is 11.9. The van der Waals surface area contributed by atoms with Gasteiger partial charge in [-0.1, -0.05) is 15.9 Å². The summed E-state index contributed by atoms with van der Waals surface area (Å²) in [5, 5.41) is 5.56. The summed E-state index contributed by atoms with van der Waals surface area (Å²) >= 11 is 3.39. The van der Waals surface area contributed by atoms with Crippen molar-refractivity contribution in [3.8, 4) is 17.2 Å². The first-order valence-electron chi connectivity index (χ1n) is 7.45. The van der Waals surface area contributed by atoms with Crippen LogP contribution in [0.3, 0.4) is 0 Å². The summed E-state index contributed by atoms with van der Waals surface area (Å²) in [6.07, 6.45) is 0. The van der Waals surface area contributed by atoms with Crippen molar-refractivity contribution in [1.29, 1.82) is 0 Å². The lowest BCUT2D eigenvalue weighted by Gasteiger charge is -2.11. The normalized spacial score (nSPS) is 11.9. The van der Waals surface area contributed by atoms with Crippen molar-refractivity contribution >= 4 is 27.6 Å². The number of carbonyl (C=O) groups excluding carboxylic acids is 1. The van der Waals surface area contributed by atoms with Crippen molar-refractivity contribution in [3.63, 3.8) is 0 Å². The Hall–Kier alpha value is -2.41. The Labute approximate surface area is 148 Å². The molecule has 0 bridgehead atoms. The molecule has 0 atom stereocenters. The van der Waals surface area contributed by atoms with Gasteiger partial charge in [0, 0.05) is 16.2 Å². The van der Waals surface area contributed by atoms with Crippen LogP contribution in [0.1, 0.15) is 5.56 Å². The first-order valence-corrected chi connectivity index (χ1v) is 8.24. The average Bonchev–Trinajstić information content (AvgIpc) is 3.02. The van der Waals surface area contributed by atoms with Crippen molar-refractivity contribution in [2.24, 2.45) is 0 Å². The van der Waals surface area contributed by atoms with Crippen LogP contribution in [0.5, 0.6) is 17.2 Å². The van der Waals surface area contributed by atoms with Gasteiger partial charge in [-0.2, -0.15) is 0 Å². The molecule has 24 heavy (non-hydrogen) atoms. The second-order valence-corrected chi connectivity index (χ2v) is 6.12. The summed E-state index contributed by atoms with van der Waals surface area (Å²) in [6, 6.07) is 10.8. The molecule has 2 N–H and O–H groups in total. The minimum Gasteiger partial charge on any atom is -0.492 e. The molecule has 2 aromatic carbocycles. The number of hydrogen-bond donors (Lipinski definition) is 2. The number of aryl methyl sites for hydroxylation is 1. The molecule has 2 amide bonds. The average molecular weight is 393 g/mol. The van der Waals surface area contributed by atoms with Crippen LogP contribution in [-0.2, 0) is 0 Å². The Kier molecular flexibility index (Phi) is 5.10. The number of hydrogen-bond acceptors (Lipinski definition) is 4. The highest BCUT2D eigenvalue weighted by atomic mass is 79.9. The Morgan fingerprint density at radius 3 is 2.88 bits per heavy atom. The number of anilines is 1. The van der Waals surface area contributed by atoms with Crippen molar-refractivity contribution < 1.29 is 19.0 Å². The number of amides is 2. The molecule has 0 unspecified atom stereocenters. The summed E-state index contributed by atoms with van der Waals surface area (Å²) in [6.45, 7) is 2.90. The van der Waals surface area contributed by atoms with E-state index in [1.807, 2.05) is 25.1 Å². The fraction of sp³-hybridized carbons (Fsp3) is 0.235. The van der Waals surface area contributed by atoms with Crippen LogP contribution in [0.4, 0.5) is 10.5 Å². The number of carbonyl (C=O) groups is 1. The van der Waals surface area contributed by atoms with Crippen molar-refractivity contribution in [2.45, 2.75) is 6.92 Å². The molecule has 0 saturated carbocycles. The molecule has 0 aromatic heterocycles. The summed E-state index contributed by atoms with van der Waals surface area (Å²) in [5.74, 6) is 2.05. The Balaban J connectivity index is 1.42. The fourth-order valence-corrected chi connectivity index (χ4v) is 2.71. The monoisotopic (exact) mass is 392 g/mol. The van der Waals surface area contributed by atoms with Gasteiger partial charge in [0.05, 0.1) is 6.54 Å². The van der Waals surface area contributed by atoms with Gasteiger partial charge in [-0.15, -0.1) is 0 Å². The van der Waals surface area contributed by atoms with E-state index >= 15 is 0 Å². The molecule has 0 radical (unpaired) electrons. The van der Waals surface area contributed by atoms with Crippen molar-refractivity contribution in [3.05, 3.63) is 46.4 Å². The molecule has 7 heteroatoms. The van der Waals surface area contributed by atoms with Crippen LogP contribution in [0, 0.1) is 6.92 Å². The van der Waals surface area contributed by atoms with Crippen LogP contribution < -0.4 is 24.8 Å². The first-order chi connectivity index (χ1) is 11.6. The third-order valence-corrected chi connectivity index (χ3v) is 3.93. The number of benzene rings is 2. The largest absolute Gasteiger partial charge is 0.492 e. The number of rotatable bonds is 5. The summed E-state index contributed by atoms with van der Waals surface area (Å²) in [5.41, 5.74) is 1.75. The van der Waals surface area contributed by atoms with Gasteiger partial charge in [0.2, 0.25) is 6.79 Å². The highest BCUT2D eigenvalue weighted by Gasteiger charge is 2.13. The number of fused-ring (bicyclic) bond motifs is 1. The van der Waals surface area contributed by atoms with E-state index < -0.39 is 0 Å². The topological polar surface area (TPSA) is 68.8 Å². The van der Waals surface area contributed by atoms with E-state index in [1.165, 1.54) is 0 Å². The zero-order chi connectivity index (χ0) is 16.9. The first kappa shape index (κ1) is 16.4. The van der Waals surface area contributed by atoms with Crippen LogP contribution in [0.2, 0.25) is 0 Å². The van der Waals surface area contributed by atoms with E-state index in [9.17, 15) is 4.79 Å². The minimum absolute atomic E-state index is 0.232. The third-order valence-electron chi connectivity index (χ3n) is 3.44. The zero-order valence-electron chi connectivity index (χ0n) is 13.1. The molecular formula is C17H17BrN2O4. The maximum atomic E-state index is 11.9. The number of halogens is 1. The van der Waals surface area contributed by atoms with Gasteiger partial charge in [0.15, 0.2) is 11.5 Å². The van der Waals surface area contributed by atoms with Gasteiger partial charge >= 0.3 is 6.03 Å². The van der Waals surface area contributed by atoms with Crippen LogP contribution >= 0.6 is 15.9 Å². The van der Waals surface area contributed by atoms with Gasteiger partial charge in [0.25, 0.3) is 0 Å². The summed E-state index contributed by atoms with van der Waals surface area (Å²) in [7, 11) is 0. The van der Waals surface area contributed by atoms with E-state index in [1.54, 1.807) is 18.2 Å². The molecule has 6 nitrogen and oxygen atoms in total. The lowest BCUT2D eigenvalue weighted by atomic mass is 10.2. The van der Waals surface area contributed by atoms with Crippen LogP contribution in [0.15, 0.2) is 40.9 Å². The highest BCUT2D eigenvalue weighted by Crippen LogP contribution is 2.34. The van der Waals surface area contributed by atoms with E-state index in [2.05, 4.69) is 26.6 Å². The van der Waals surface area contributed by atoms with Crippen molar-refractivity contribution in [1.82, 2.24) is 5.32 Å². The third kappa shape index (κ3) is 4.11. The molecule has 1 aliphatic heterocycles.